The zero-order valence-electron chi connectivity index (χ0n) is 17.1. The van der Waals surface area contributed by atoms with E-state index in [9.17, 15) is 19.7 Å². The number of thiophene rings is 1. The highest BCUT2D eigenvalue weighted by Gasteiger charge is 2.19. The summed E-state index contributed by atoms with van der Waals surface area (Å²) in [5, 5.41) is 11.6. The van der Waals surface area contributed by atoms with E-state index in [0.29, 0.717) is 45.3 Å². The van der Waals surface area contributed by atoms with Gasteiger partial charge in [0.05, 0.1) is 27.1 Å². The van der Waals surface area contributed by atoms with Crippen LogP contribution in [0.25, 0.3) is 20.3 Å². The lowest BCUT2D eigenvalue weighted by Crippen LogP contribution is -2.22. The molecule has 0 N–H and O–H groups in total. The summed E-state index contributed by atoms with van der Waals surface area (Å²) in [6.07, 6.45) is 0. The maximum absolute atomic E-state index is 13.0. The number of carbonyl (C=O) groups excluding carboxylic acids is 2. The van der Waals surface area contributed by atoms with Crippen LogP contribution in [0.1, 0.15) is 9.67 Å². The second-order valence-corrected chi connectivity index (χ2v) is 9.11. The molecular formula is C21H15N3O7S2. The number of nitro groups is 1. The molecule has 0 atom stereocenters. The van der Waals surface area contributed by atoms with Crippen molar-refractivity contribution in [2.24, 2.45) is 4.99 Å². The topological polar surface area (TPSA) is 122 Å². The molecule has 12 heteroatoms. The van der Waals surface area contributed by atoms with Crippen LogP contribution < -0.4 is 14.3 Å². The van der Waals surface area contributed by atoms with Crippen molar-refractivity contribution in [1.29, 1.82) is 0 Å². The summed E-state index contributed by atoms with van der Waals surface area (Å²) < 4.78 is 19.2. The fraction of sp³-hybridized carbons (Fsp3) is 0.190. The van der Waals surface area contributed by atoms with Crippen LogP contribution in [0.5, 0.6) is 11.5 Å². The first-order chi connectivity index (χ1) is 15.9. The number of thiazole rings is 1. The molecule has 2 aromatic heterocycles. The van der Waals surface area contributed by atoms with Gasteiger partial charge in [-0.3, -0.25) is 19.7 Å². The van der Waals surface area contributed by atoms with Gasteiger partial charge in [-0.15, -0.1) is 11.3 Å². The Morgan fingerprint density at radius 1 is 1.12 bits per heavy atom. The molecule has 10 nitrogen and oxygen atoms in total. The third-order valence-electron chi connectivity index (χ3n) is 4.98. The van der Waals surface area contributed by atoms with Crippen molar-refractivity contribution in [3.8, 4) is 11.5 Å². The monoisotopic (exact) mass is 485 g/mol. The number of benzene rings is 2. The predicted molar refractivity (Wildman–Crippen MR) is 121 cm³/mol. The molecule has 0 bridgehead atoms. The Bertz CT molecular complexity index is 1520. The number of aromatic nitrogens is 1. The highest BCUT2D eigenvalue weighted by atomic mass is 32.1. The first-order valence-corrected chi connectivity index (χ1v) is 11.3. The maximum atomic E-state index is 13.0. The molecular weight excluding hydrogens is 470 g/mol. The quantitative estimate of drug-likeness (QED) is 0.246. The Labute approximate surface area is 193 Å². The highest BCUT2D eigenvalue weighted by molar-refractivity contribution is 7.21. The number of rotatable bonds is 4. The number of amides is 1. The predicted octanol–water partition coefficient (Wildman–Crippen LogP) is 3.51. The molecule has 0 saturated heterocycles. The van der Waals surface area contributed by atoms with Gasteiger partial charge in [-0.2, -0.15) is 4.99 Å². The van der Waals surface area contributed by atoms with Crippen LogP contribution in [0, 0.1) is 10.1 Å². The van der Waals surface area contributed by atoms with Gasteiger partial charge in [0.25, 0.3) is 11.6 Å². The Hall–Kier alpha value is -3.77. The summed E-state index contributed by atoms with van der Waals surface area (Å²) in [7, 11) is 1.29. The van der Waals surface area contributed by atoms with E-state index in [-0.39, 0.29) is 12.2 Å². The number of hydrogen-bond acceptors (Lipinski definition) is 9. The molecule has 3 heterocycles. The minimum atomic E-state index is -0.513. The summed E-state index contributed by atoms with van der Waals surface area (Å²) in [5.41, 5.74) is 0.609. The molecule has 0 unspecified atom stereocenters. The number of methoxy groups -OCH3 is 1. The van der Waals surface area contributed by atoms with Gasteiger partial charge < -0.3 is 18.8 Å². The van der Waals surface area contributed by atoms with Gasteiger partial charge in [-0.25, -0.2) is 0 Å². The van der Waals surface area contributed by atoms with Gasteiger partial charge in [0, 0.05) is 34.4 Å². The van der Waals surface area contributed by atoms with E-state index in [1.165, 1.54) is 41.9 Å². The summed E-state index contributed by atoms with van der Waals surface area (Å²) in [5.74, 6) is 0.132. The minimum Gasteiger partial charge on any atom is -0.486 e. The number of nitrogens with zero attached hydrogens (tertiary/aromatic N) is 3. The van der Waals surface area contributed by atoms with Crippen molar-refractivity contribution in [1.82, 2.24) is 4.57 Å². The van der Waals surface area contributed by atoms with Crippen molar-refractivity contribution in [3.05, 3.63) is 56.2 Å². The summed E-state index contributed by atoms with van der Waals surface area (Å²) in [6, 6.07) is 9.56. The second kappa shape index (κ2) is 8.30. The van der Waals surface area contributed by atoms with Gasteiger partial charge in [-0.1, -0.05) is 11.3 Å². The Morgan fingerprint density at radius 3 is 2.61 bits per heavy atom. The molecule has 0 aliphatic carbocycles. The average Bonchev–Trinajstić information content (AvgIpc) is 3.38. The smallest absolute Gasteiger partial charge is 0.325 e. The van der Waals surface area contributed by atoms with Crippen LogP contribution in [0.3, 0.4) is 0 Å². The molecule has 0 fully saturated rings. The Kier molecular flexibility index (Phi) is 5.30. The number of fused-ring (bicyclic) bond motifs is 3. The molecule has 5 rings (SSSR count). The lowest BCUT2D eigenvalue weighted by atomic mass is 10.2. The van der Waals surface area contributed by atoms with Gasteiger partial charge >= 0.3 is 5.97 Å². The van der Waals surface area contributed by atoms with Crippen molar-refractivity contribution < 1.29 is 28.7 Å². The minimum absolute atomic E-state index is 0.0509. The van der Waals surface area contributed by atoms with E-state index in [4.69, 9.17) is 14.2 Å². The molecule has 2 aromatic carbocycles. The molecule has 1 aliphatic rings. The molecule has 4 aromatic rings. The maximum Gasteiger partial charge on any atom is 0.325 e. The van der Waals surface area contributed by atoms with Crippen LogP contribution in [-0.4, -0.2) is 41.7 Å². The van der Waals surface area contributed by atoms with E-state index in [1.54, 1.807) is 28.8 Å². The van der Waals surface area contributed by atoms with E-state index >= 15 is 0 Å². The fourth-order valence-corrected chi connectivity index (χ4v) is 5.40. The first kappa shape index (κ1) is 21.1. The van der Waals surface area contributed by atoms with Crippen molar-refractivity contribution >= 4 is 60.5 Å². The van der Waals surface area contributed by atoms with Gasteiger partial charge in [0.2, 0.25) is 0 Å². The molecule has 0 saturated carbocycles. The van der Waals surface area contributed by atoms with E-state index in [0.717, 1.165) is 9.40 Å². The van der Waals surface area contributed by atoms with Crippen molar-refractivity contribution in [2.75, 3.05) is 20.3 Å². The Balaban J connectivity index is 1.61. The molecule has 0 radical (unpaired) electrons. The molecule has 168 valence electrons. The van der Waals surface area contributed by atoms with Gasteiger partial charge in [0.1, 0.15) is 19.8 Å². The van der Waals surface area contributed by atoms with E-state index < -0.39 is 16.8 Å². The highest BCUT2D eigenvalue weighted by Crippen LogP contribution is 2.36. The summed E-state index contributed by atoms with van der Waals surface area (Å²) in [4.78, 5) is 40.5. The Morgan fingerprint density at radius 2 is 1.88 bits per heavy atom. The number of nitro benzene ring substituents is 1. The number of hydrogen-bond donors (Lipinski definition) is 0. The van der Waals surface area contributed by atoms with E-state index in [1.807, 2.05) is 0 Å². The first-order valence-electron chi connectivity index (χ1n) is 9.70. The number of esters is 1. The van der Waals surface area contributed by atoms with Crippen molar-refractivity contribution in [2.45, 2.75) is 6.54 Å². The summed E-state index contributed by atoms with van der Waals surface area (Å²) in [6.45, 7) is 0.714. The van der Waals surface area contributed by atoms with Gasteiger partial charge in [-0.05, 0) is 12.1 Å². The fourth-order valence-electron chi connectivity index (χ4n) is 3.43. The van der Waals surface area contributed by atoms with Crippen LogP contribution in [0.2, 0.25) is 0 Å². The standard InChI is InChI=1S/C21H15N3O7S2/c1-29-19(25)10-23-13-8-14-15(31-5-4-30-14)9-17(13)33-21(23)22-20(26)18-7-11-6-12(24(27)28)2-3-16(11)32-18/h2-3,6-9H,4-5,10H2,1H3. The third-order valence-corrected chi connectivity index (χ3v) is 7.13. The lowest BCUT2D eigenvalue weighted by Gasteiger charge is -2.18. The van der Waals surface area contributed by atoms with Crippen LogP contribution in [0.4, 0.5) is 5.69 Å². The largest absolute Gasteiger partial charge is 0.486 e. The number of non-ortho nitro benzene ring substituents is 1. The third kappa shape index (κ3) is 3.94. The second-order valence-electron chi connectivity index (χ2n) is 7.02. The lowest BCUT2D eigenvalue weighted by molar-refractivity contribution is -0.384. The van der Waals surface area contributed by atoms with E-state index in [2.05, 4.69) is 4.99 Å². The van der Waals surface area contributed by atoms with Crippen LogP contribution in [0.15, 0.2) is 41.4 Å². The van der Waals surface area contributed by atoms with Crippen LogP contribution >= 0.6 is 22.7 Å². The van der Waals surface area contributed by atoms with Crippen LogP contribution in [-0.2, 0) is 16.1 Å². The normalized spacial score (nSPS) is 13.4. The zero-order valence-corrected chi connectivity index (χ0v) is 18.7. The molecule has 1 aliphatic heterocycles. The molecule has 1 amide bonds. The molecule has 0 spiro atoms. The summed E-state index contributed by atoms with van der Waals surface area (Å²) >= 11 is 2.43. The SMILES string of the molecule is COC(=O)Cn1c(=NC(=O)c2cc3cc([N+](=O)[O-])ccc3s2)sc2cc3c(cc21)OCCO3. The number of ether oxygens (including phenoxy) is 3. The average molecular weight is 485 g/mol. The number of carbonyl (C=O) groups is 2. The molecule has 33 heavy (non-hydrogen) atoms. The van der Waals surface area contributed by atoms with Crippen molar-refractivity contribution in [3.63, 3.8) is 0 Å². The zero-order chi connectivity index (χ0) is 23.1. The van der Waals surface area contributed by atoms with Gasteiger partial charge in [0.15, 0.2) is 16.3 Å².